The van der Waals surface area contributed by atoms with Gasteiger partial charge in [0.2, 0.25) is 0 Å². The van der Waals surface area contributed by atoms with Gasteiger partial charge >= 0.3 is 0 Å². The first-order valence-corrected chi connectivity index (χ1v) is 6.90. The molecule has 1 unspecified atom stereocenters. The lowest BCUT2D eigenvalue weighted by atomic mass is 10.1. The van der Waals surface area contributed by atoms with Gasteiger partial charge in [-0.25, -0.2) is 0 Å². The number of nitrogens with zero attached hydrogens (tertiary/aromatic N) is 1. The zero-order chi connectivity index (χ0) is 15.1. The number of pyridine rings is 1. The number of aromatic nitrogens is 1. The Hall–Kier alpha value is -2.20. The summed E-state index contributed by atoms with van der Waals surface area (Å²) in [7, 11) is 1.60. The molecule has 21 heavy (non-hydrogen) atoms. The van der Waals surface area contributed by atoms with Crippen molar-refractivity contribution in [3.05, 3.63) is 59.9 Å². The molecular weight excluding hydrogens is 266 g/mol. The first-order chi connectivity index (χ1) is 10.2. The number of carbonyl (C=O) groups excluding carboxylic acids is 1. The fraction of sp³-hybridized carbons (Fsp3) is 0.294. The van der Waals surface area contributed by atoms with Gasteiger partial charge in [0.15, 0.2) is 5.78 Å². The van der Waals surface area contributed by atoms with Crippen LogP contribution in [0.3, 0.4) is 0 Å². The van der Waals surface area contributed by atoms with Crippen molar-refractivity contribution in [1.29, 1.82) is 0 Å². The molecule has 2 aromatic rings. The predicted molar refractivity (Wildman–Crippen MR) is 80.7 cm³/mol. The molecule has 2 rings (SSSR count). The van der Waals surface area contributed by atoms with E-state index in [1.54, 1.807) is 44.5 Å². The van der Waals surface area contributed by atoms with Gasteiger partial charge in [0, 0.05) is 23.9 Å². The van der Waals surface area contributed by atoms with Gasteiger partial charge in [0.25, 0.3) is 0 Å². The Labute approximate surface area is 124 Å². The summed E-state index contributed by atoms with van der Waals surface area (Å²) in [5, 5.41) is 0. The number of rotatable bonds is 7. The summed E-state index contributed by atoms with van der Waals surface area (Å²) < 4.78 is 10.7. The highest BCUT2D eigenvalue weighted by Crippen LogP contribution is 2.13. The van der Waals surface area contributed by atoms with Crippen molar-refractivity contribution in [2.45, 2.75) is 19.4 Å². The number of Topliss-reactive ketones (excluding diaryl/α,β-unsaturated/α-hetero) is 1. The van der Waals surface area contributed by atoms with Crippen LogP contribution in [0.15, 0.2) is 48.7 Å². The van der Waals surface area contributed by atoms with Crippen LogP contribution in [0.2, 0.25) is 0 Å². The largest absolute Gasteiger partial charge is 0.497 e. The van der Waals surface area contributed by atoms with Gasteiger partial charge in [0.1, 0.15) is 11.9 Å². The molecule has 0 amide bonds. The molecule has 1 aromatic carbocycles. The number of methoxy groups -OCH3 is 1. The second kappa shape index (κ2) is 7.55. The number of ketones is 1. The Morgan fingerprint density at radius 2 is 1.95 bits per heavy atom. The van der Waals surface area contributed by atoms with E-state index in [0.29, 0.717) is 18.6 Å². The van der Waals surface area contributed by atoms with Crippen LogP contribution in [0.25, 0.3) is 0 Å². The number of ether oxygens (including phenoxy) is 2. The molecular formula is C17H19NO3. The van der Waals surface area contributed by atoms with E-state index in [2.05, 4.69) is 4.98 Å². The maximum Gasteiger partial charge on any atom is 0.191 e. The summed E-state index contributed by atoms with van der Waals surface area (Å²) in [6.07, 6.45) is 1.98. The van der Waals surface area contributed by atoms with Crippen LogP contribution in [0.5, 0.6) is 5.75 Å². The van der Waals surface area contributed by atoms with E-state index in [1.807, 2.05) is 18.2 Å². The second-order valence-electron chi connectivity index (χ2n) is 4.68. The van der Waals surface area contributed by atoms with Crippen molar-refractivity contribution in [1.82, 2.24) is 4.98 Å². The summed E-state index contributed by atoms with van der Waals surface area (Å²) in [6.45, 7) is 2.24. The molecule has 0 fully saturated rings. The summed E-state index contributed by atoms with van der Waals surface area (Å²) >= 11 is 0. The summed E-state index contributed by atoms with van der Waals surface area (Å²) in [5.41, 5.74) is 1.59. The van der Waals surface area contributed by atoms with Crippen LogP contribution in [-0.2, 0) is 11.2 Å². The quantitative estimate of drug-likeness (QED) is 0.734. The van der Waals surface area contributed by atoms with E-state index >= 15 is 0 Å². The van der Waals surface area contributed by atoms with Crippen molar-refractivity contribution < 1.29 is 14.3 Å². The van der Waals surface area contributed by atoms with E-state index in [4.69, 9.17) is 9.47 Å². The Bertz CT molecular complexity index is 566. The third-order valence-corrected chi connectivity index (χ3v) is 3.20. The molecule has 0 aliphatic rings. The van der Waals surface area contributed by atoms with Gasteiger partial charge in [-0.05, 0) is 43.3 Å². The van der Waals surface area contributed by atoms with Gasteiger partial charge in [-0.3, -0.25) is 9.78 Å². The Morgan fingerprint density at radius 1 is 1.19 bits per heavy atom. The van der Waals surface area contributed by atoms with Gasteiger partial charge in [-0.15, -0.1) is 0 Å². The van der Waals surface area contributed by atoms with Gasteiger partial charge in [0.05, 0.1) is 13.7 Å². The highest BCUT2D eigenvalue weighted by Gasteiger charge is 2.15. The maximum atomic E-state index is 12.2. The zero-order valence-corrected chi connectivity index (χ0v) is 12.3. The van der Waals surface area contributed by atoms with Crippen LogP contribution >= 0.6 is 0 Å². The Morgan fingerprint density at radius 3 is 2.57 bits per heavy atom. The summed E-state index contributed by atoms with van der Waals surface area (Å²) in [6, 6.07) is 12.8. The van der Waals surface area contributed by atoms with Gasteiger partial charge in [-0.2, -0.15) is 0 Å². The first-order valence-electron chi connectivity index (χ1n) is 6.90. The lowest BCUT2D eigenvalue weighted by molar-refractivity contribution is 0.0485. The fourth-order valence-electron chi connectivity index (χ4n) is 1.95. The van der Waals surface area contributed by atoms with Crippen molar-refractivity contribution >= 4 is 5.78 Å². The third-order valence-electron chi connectivity index (χ3n) is 3.20. The van der Waals surface area contributed by atoms with E-state index < -0.39 is 6.10 Å². The fourth-order valence-corrected chi connectivity index (χ4v) is 1.95. The SMILES string of the molecule is COc1ccc(C(=O)C(C)OCCc2ccccn2)cc1. The topological polar surface area (TPSA) is 48.4 Å². The molecule has 1 atom stereocenters. The third kappa shape index (κ3) is 4.39. The lowest BCUT2D eigenvalue weighted by Crippen LogP contribution is -2.22. The minimum atomic E-state index is -0.470. The molecule has 110 valence electrons. The van der Waals surface area contributed by atoms with Crippen LogP contribution in [0.1, 0.15) is 23.0 Å². The lowest BCUT2D eigenvalue weighted by Gasteiger charge is -2.12. The van der Waals surface area contributed by atoms with Crippen molar-refractivity contribution in [3.8, 4) is 5.75 Å². The molecule has 0 bridgehead atoms. The molecule has 0 saturated heterocycles. The summed E-state index contributed by atoms with van der Waals surface area (Å²) in [5.74, 6) is 0.703. The predicted octanol–water partition coefficient (Wildman–Crippen LogP) is 2.92. The van der Waals surface area contributed by atoms with Crippen LogP contribution < -0.4 is 4.74 Å². The van der Waals surface area contributed by atoms with E-state index in [-0.39, 0.29) is 5.78 Å². The first kappa shape index (κ1) is 15.2. The highest BCUT2D eigenvalue weighted by atomic mass is 16.5. The van der Waals surface area contributed by atoms with Crippen LogP contribution in [0.4, 0.5) is 0 Å². The van der Waals surface area contributed by atoms with Crippen molar-refractivity contribution in [3.63, 3.8) is 0 Å². The molecule has 4 heteroatoms. The standard InChI is InChI=1S/C17H19NO3/c1-13(21-12-10-15-5-3-4-11-18-15)17(19)14-6-8-16(20-2)9-7-14/h3-9,11,13H,10,12H2,1-2H3. The van der Waals surface area contributed by atoms with Gasteiger partial charge in [-0.1, -0.05) is 6.07 Å². The Balaban J connectivity index is 1.84. The van der Waals surface area contributed by atoms with E-state index in [9.17, 15) is 4.79 Å². The number of carbonyl (C=O) groups is 1. The summed E-state index contributed by atoms with van der Waals surface area (Å²) in [4.78, 5) is 16.4. The average Bonchev–Trinajstić information content (AvgIpc) is 2.55. The Kier molecular flexibility index (Phi) is 5.46. The second-order valence-corrected chi connectivity index (χ2v) is 4.68. The molecule has 0 radical (unpaired) electrons. The van der Waals surface area contributed by atoms with Crippen LogP contribution in [-0.4, -0.2) is 30.6 Å². The monoisotopic (exact) mass is 285 g/mol. The van der Waals surface area contributed by atoms with Gasteiger partial charge < -0.3 is 9.47 Å². The smallest absolute Gasteiger partial charge is 0.191 e. The minimum Gasteiger partial charge on any atom is -0.497 e. The molecule has 0 spiro atoms. The normalized spacial score (nSPS) is 11.9. The number of hydrogen-bond donors (Lipinski definition) is 0. The van der Waals surface area contributed by atoms with Crippen molar-refractivity contribution in [2.24, 2.45) is 0 Å². The minimum absolute atomic E-state index is 0.0290. The van der Waals surface area contributed by atoms with Crippen molar-refractivity contribution in [2.75, 3.05) is 13.7 Å². The number of hydrogen-bond acceptors (Lipinski definition) is 4. The van der Waals surface area contributed by atoms with E-state index in [0.717, 1.165) is 11.4 Å². The molecule has 0 aliphatic carbocycles. The molecule has 1 aromatic heterocycles. The molecule has 0 aliphatic heterocycles. The van der Waals surface area contributed by atoms with E-state index in [1.165, 1.54) is 0 Å². The number of benzene rings is 1. The maximum absolute atomic E-state index is 12.2. The molecule has 0 saturated carbocycles. The average molecular weight is 285 g/mol. The zero-order valence-electron chi connectivity index (χ0n) is 12.3. The highest BCUT2D eigenvalue weighted by molar-refractivity contribution is 5.99. The van der Waals surface area contributed by atoms with Crippen LogP contribution in [0, 0.1) is 0 Å². The molecule has 1 heterocycles. The molecule has 4 nitrogen and oxygen atoms in total. The molecule has 0 N–H and O–H groups in total.